The van der Waals surface area contributed by atoms with Crippen LogP contribution in [0, 0.1) is 0 Å². The number of rotatable bonds is 1. The minimum atomic E-state index is -0.306. The number of hydrogen-bond donors (Lipinski definition) is 2. The molecule has 0 fully saturated rings. The Morgan fingerprint density at radius 1 is 1.50 bits per heavy atom. The van der Waals surface area contributed by atoms with Gasteiger partial charge < -0.3 is 9.99 Å². The first-order valence-corrected chi connectivity index (χ1v) is 3.30. The summed E-state index contributed by atoms with van der Waals surface area (Å²) in [5.74, 6) is -0.281. The maximum Gasteiger partial charge on any atom is 0.189 e. The fourth-order valence-corrected chi connectivity index (χ4v) is 0.842. The fraction of sp³-hybridized carbons (Fsp3) is 0.125. The van der Waals surface area contributed by atoms with E-state index in [1.165, 1.54) is 25.2 Å². The normalized spacial score (nSPS) is 20.5. The summed E-state index contributed by atoms with van der Waals surface area (Å²) in [5, 5.41) is 17.2. The van der Waals surface area contributed by atoms with Gasteiger partial charge >= 0.3 is 0 Å². The molecule has 0 saturated heterocycles. The second-order valence-corrected chi connectivity index (χ2v) is 2.33. The monoisotopic (exact) mass is 168 g/mol. The predicted molar refractivity (Wildman–Crippen MR) is 41.3 cm³/mol. The van der Waals surface area contributed by atoms with Gasteiger partial charge in [-0.1, -0.05) is 0 Å². The lowest BCUT2D eigenvalue weighted by Gasteiger charge is -2.05. The van der Waals surface area contributed by atoms with Crippen molar-refractivity contribution in [2.24, 2.45) is 0 Å². The van der Waals surface area contributed by atoms with E-state index in [1.54, 1.807) is 0 Å². The molecular formula is C8H8O4. The zero-order valence-electron chi connectivity index (χ0n) is 6.44. The molecule has 1 aliphatic carbocycles. The summed E-state index contributed by atoms with van der Waals surface area (Å²) in [5.41, 5.74) is 0.150. The van der Waals surface area contributed by atoms with E-state index in [2.05, 4.69) is 4.89 Å². The summed E-state index contributed by atoms with van der Waals surface area (Å²) >= 11 is 0. The van der Waals surface area contributed by atoms with E-state index >= 15 is 0 Å². The second kappa shape index (κ2) is 3.23. The van der Waals surface area contributed by atoms with E-state index in [-0.39, 0.29) is 22.9 Å². The van der Waals surface area contributed by atoms with Gasteiger partial charge in [-0.3, -0.25) is 4.79 Å². The molecule has 0 saturated carbocycles. The minimum Gasteiger partial charge on any atom is -0.508 e. The minimum absolute atomic E-state index is 0.0407. The van der Waals surface area contributed by atoms with Gasteiger partial charge in [0.05, 0.1) is 5.57 Å². The maximum atomic E-state index is 11.0. The lowest BCUT2D eigenvalue weighted by molar-refractivity contribution is -0.203. The van der Waals surface area contributed by atoms with Crippen LogP contribution in [0.25, 0.3) is 0 Å². The fourth-order valence-electron chi connectivity index (χ4n) is 0.842. The molecule has 0 aromatic heterocycles. The van der Waals surface area contributed by atoms with Crippen molar-refractivity contribution in [2.45, 2.75) is 6.92 Å². The molecule has 64 valence electrons. The number of carbonyl (C=O) groups is 1. The molecule has 0 spiro atoms. The van der Waals surface area contributed by atoms with E-state index < -0.39 is 0 Å². The van der Waals surface area contributed by atoms with Crippen LogP contribution in [-0.4, -0.2) is 16.1 Å². The van der Waals surface area contributed by atoms with Crippen molar-refractivity contribution < 1.29 is 20.0 Å². The summed E-state index contributed by atoms with van der Waals surface area (Å²) < 4.78 is 0. The van der Waals surface area contributed by atoms with Crippen LogP contribution in [0.15, 0.2) is 35.3 Å². The van der Waals surface area contributed by atoms with Crippen LogP contribution in [-0.2, 0) is 9.68 Å². The third kappa shape index (κ3) is 1.54. The van der Waals surface area contributed by atoms with Crippen LogP contribution < -0.4 is 0 Å². The van der Waals surface area contributed by atoms with Crippen molar-refractivity contribution in [1.82, 2.24) is 0 Å². The van der Waals surface area contributed by atoms with Crippen molar-refractivity contribution in [2.75, 3.05) is 0 Å². The first-order valence-electron chi connectivity index (χ1n) is 3.30. The number of aliphatic hydroxyl groups is 1. The Bertz CT molecular complexity index is 296. The van der Waals surface area contributed by atoms with Gasteiger partial charge in [0, 0.05) is 0 Å². The van der Waals surface area contributed by atoms with E-state index in [0.717, 1.165) is 0 Å². The standard InChI is InChI=1S/C8H8O4/c1-5(12-11)7-4-6(9)2-3-8(7)10/h2-4,9,11H,1H3. The maximum absolute atomic E-state index is 11.0. The predicted octanol–water partition coefficient (Wildman–Crippen LogP) is 1.33. The summed E-state index contributed by atoms with van der Waals surface area (Å²) in [7, 11) is 0. The number of carbonyl (C=O) groups excluding carboxylic acids is 1. The molecular weight excluding hydrogens is 160 g/mol. The van der Waals surface area contributed by atoms with Gasteiger partial charge in [-0.25, -0.2) is 5.26 Å². The number of allylic oxidation sites excluding steroid dienone is 5. The quantitative estimate of drug-likeness (QED) is 0.268. The number of aliphatic hydroxyl groups excluding tert-OH is 1. The van der Waals surface area contributed by atoms with Gasteiger partial charge in [-0.15, -0.1) is 0 Å². The van der Waals surface area contributed by atoms with Gasteiger partial charge in [0.2, 0.25) is 0 Å². The molecule has 0 aliphatic heterocycles. The largest absolute Gasteiger partial charge is 0.508 e. The highest BCUT2D eigenvalue weighted by Crippen LogP contribution is 2.15. The zero-order chi connectivity index (χ0) is 9.14. The van der Waals surface area contributed by atoms with Gasteiger partial charge in [-0.05, 0) is 25.2 Å². The van der Waals surface area contributed by atoms with Crippen LogP contribution in [0.5, 0.6) is 0 Å². The van der Waals surface area contributed by atoms with Crippen LogP contribution in [0.3, 0.4) is 0 Å². The molecule has 0 aromatic rings. The molecule has 4 nitrogen and oxygen atoms in total. The third-order valence-electron chi connectivity index (χ3n) is 1.48. The van der Waals surface area contributed by atoms with E-state index in [9.17, 15) is 4.79 Å². The molecule has 12 heavy (non-hydrogen) atoms. The summed E-state index contributed by atoms with van der Waals surface area (Å²) in [6.45, 7) is 1.43. The molecule has 0 unspecified atom stereocenters. The Morgan fingerprint density at radius 2 is 2.17 bits per heavy atom. The highest BCUT2D eigenvalue weighted by Gasteiger charge is 2.13. The average Bonchev–Trinajstić information content (AvgIpc) is 2.08. The summed E-state index contributed by atoms with van der Waals surface area (Å²) in [6, 6.07) is 0. The van der Waals surface area contributed by atoms with Crippen molar-refractivity contribution in [3.05, 3.63) is 35.3 Å². The molecule has 2 N–H and O–H groups in total. The van der Waals surface area contributed by atoms with Gasteiger partial charge in [0.25, 0.3) is 0 Å². The molecule has 4 heteroatoms. The Balaban J connectivity index is 3.07. The Labute approximate surface area is 69.0 Å². The Morgan fingerprint density at radius 3 is 2.75 bits per heavy atom. The van der Waals surface area contributed by atoms with Crippen molar-refractivity contribution in [1.29, 1.82) is 0 Å². The number of hydrogen-bond acceptors (Lipinski definition) is 4. The topological polar surface area (TPSA) is 66.8 Å². The molecule has 1 rings (SSSR count). The highest BCUT2D eigenvalue weighted by atomic mass is 17.1. The van der Waals surface area contributed by atoms with Crippen LogP contribution >= 0.6 is 0 Å². The van der Waals surface area contributed by atoms with Gasteiger partial charge in [0.1, 0.15) is 11.5 Å². The lowest BCUT2D eigenvalue weighted by atomic mass is 10.0. The SMILES string of the molecule is CC(OO)=C1C=C(O)C=CC1=O. The van der Waals surface area contributed by atoms with Crippen LogP contribution in [0.4, 0.5) is 0 Å². The lowest BCUT2D eigenvalue weighted by Crippen LogP contribution is -2.05. The highest BCUT2D eigenvalue weighted by molar-refractivity contribution is 6.07. The van der Waals surface area contributed by atoms with E-state index in [4.69, 9.17) is 10.4 Å². The first kappa shape index (κ1) is 8.55. The van der Waals surface area contributed by atoms with Crippen molar-refractivity contribution in [3.63, 3.8) is 0 Å². The van der Waals surface area contributed by atoms with Crippen molar-refractivity contribution >= 4 is 5.78 Å². The molecule has 0 amide bonds. The Kier molecular flexibility index (Phi) is 2.30. The number of ketones is 1. The molecule has 0 heterocycles. The van der Waals surface area contributed by atoms with Gasteiger partial charge in [0.15, 0.2) is 5.78 Å². The molecule has 0 aromatic carbocycles. The zero-order valence-corrected chi connectivity index (χ0v) is 6.44. The van der Waals surface area contributed by atoms with Gasteiger partial charge in [-0.2, -0.15) is 0 Å². The van der Waals surface area contributed by atoms with E-state index in [0.29, 0.717) is 0 Å². The third-order valence-corrected chi connectivity index (χ3v) is 1.48. The molecule has 0 radical (unpaired) electrons. The molecule has 0 atom stereocenters. The summed E-state index contributed by atoms with van der Waals surface area (Å²) in [6.07, 6.45) is 3.71. The molecule has 0 bridgehead atoms. The van der Waals surface area contributed by atoms with Crippen LogP contribution in [0.2, 0.25) is 0 Å². The summed E-state index contributed by atoms with van der Waals surface area (Å²) in [4.78, 5) is 14.9. The average molecular weight is 168 g/mol. The first-order chi connectivity index (χ1) is 5.65. The smallest absolute Gasteiger partial charge is 0.189 e. The molecule has 1 aliphatic rings. The van der Waals surface area contributed by atoms with Crippen LogP contribution in [0.1, 0.15) is 6.92 Å². The van der Waals surface area contributed by atoms with E-state index in [1.807, 2.05) is 0 Å². The Hall–Kier alpha value is -1.55. The van der Waals surface area contributed by atoms with Crippen molar-refractivity contribution in [3.8, 4) is 0 Å². The second-order valence-electron chi connectivity index (χ2n) is 2.33.